The van der Waals surface area contributed by atoms with Crippen molar-refractivity contribution < 1.29 is 0 Å². The van der Waals surface area contributed by atoms with Crippen LogP contribution in [-0.2, 0) is 0 Å². The minimum atomic E-state index is 0.765. The second-order valence-electron chi connectivity index (χ2n) is 4.31. The lowest BCUT2D eigenvalue weighted by molar-refractivity contribution is 0.602. The number of fused-ring (bicyclic) bond motifs is 1. The van der Waals surface area contributed by atoms with Gasteiger partial charge in [-0.3, -0.25) is 0 Å². The molecule has 0 N–H and O–H groups in total. The van der Waals surface area contributed by atoms with E-state index in [1.165, 1.54) is 30.4 Å². The van der Waals surface area contributed by atoms with Gasteiger partial charge in [0.25, 0.3) is 0 Å². The Morgan fingerprint density at radius 2 is 2.07 bits per heavy atom. The lowest BCUT2D eigenvalue weighted by Gasteiger charge is -2.24. The summed E-state index contributed by atoms with van der Waals surface area (Å²) in [6.45, 7) is 4.52. The molecule has 1 aromatic rings. The summed E-state index contributed by atoms with van der Waals surface area (Å²) in [4.78, 5) is 0. The van der Waals surface area contributed by atoms with Gasteiger partial charge in [-0.05, 0) is 36.8 Å². The molecule has 1 unspecified atom stereocenters. The highest BCUT2D eigenvalue weighted by atomic mass is 14.2. The van der Waals surface area contributed by atoms with Crippen LogP contribution in [0, 0.1) is 0 Å². The van der Waals surface area contributed by atoms with Crippen LogP contribution in [0.1, 0.15) is 50.2 Å². The molecule has 1 aromatic carbocycles. The van der Waals surface area contributed by atoms with Crippen LogP contribution in [0.2, 0.25) is 0 Å². The van der Waals surface area contributed by atoms with Crippen molar-refractivity contribution in [3.05, 3.63) is 41.0 Å². The summed E-state index contributed by atoms with van der Waals surface area (Å²) in [5.74, 6) is 0.765. The predicted octanol–water partition coefficient (Wildman–Crippen LogP) is 4.38. The van der Waals surface area contributed by atoms with Gasteiger partial charge in [-0.1, -0.05) is 49.3 Å². The lowest BCUT2D eigenvalue weighted by Crippen LogP contribution is -2.05. The monoisotopic (exact) mass is 186 g/mol. The molecule has 14 heavy (non-hydrogen) atoms. The number of rotatable bonds is 2. The van der Waals surface area contributed by atoms with Gasteiger partial charge in [0.1, 0.15) is 0 Å². The minimum absolute atomic E-state index is 0.765. The van der Waals surface area contributed by atoms with Gasteiger partial charge >= 0.3 is 0 Å². The van der Waals surface area contributed by atoms with Gasteiger partial charge in [-0.15, -0.1) is 0 Å². The van der Waals surface area contributed by atoms with Gasteiger partial charge < -0.3 is 0 Å². The molecule has 0 aliphatic heterocycles. The first-order chi connectivity index (χ1) is 6.81. The molecule has 0 saturated carbocycles. The fourth-order valence-electron chi connectivity index (χ4n) is 2.44. The van der Waals surface area contributed by atoms with E-state index in [4.69, 9.17) is 0 Å². The highest BCUT2D eigenvalue weighted by Gasteiger charge is 2.17. The van der Waals surface area contributed by atoms with Crippen molar-refractivity contribution in [3.8, 4) is 0 Å². The third-order valence-electron chi connectivity index (χ3n) is 3.04. The second kappa shape index (κ2) is 4.00. The average Bonchev–Trinajstić information content (AvgIpc) is 2.18. The molecule has 74 valence electrons. The molecular weight excluding hydrogens is 168 g/mol. The van der Waals surface area contributed by atoms with Crippen LogP contribution in [0.4, 0.5) is 0 Å². The Bertz CT molecular complexity index is 347. The van der Waals surface area contributed by atoms with Gasteiger partial charge in [0.15, 0.2) is 0 Å². The molecule has 0 heteroatoms. The third kappa shape index (κ3) is 1.75. The summed E-state index contributed by atoms with van der Waals surface area (Å²) in [6.07, 6.45) is 6.20. The van der Waals surface area contributed by atoms with E-state index in [2.05, 4.69) is 44.2 Å². The van der Waals surface area contributed by atoms with Gasteiger partial charge in [0.2, 0.25) is 0 Å². The molecule has 0 fully saturated rings. The highest BCUT2D eigenvalue weighted by molar-refractivity contribution is 5.60. The molecule has 0 heterocycles. The smallest absolute Gasteiger partial charge is 0.0119 e. The largest absolute Gasteiger partial charge is 0.0721 e. The molecule has 0 nitrogen and oxygen atoms in total. The zero-order valence-electron chi connectivity index (χ0n) is 9.09. The zero-order chi connectivity index (χ0) is 9.97. The Labute approximate surface area is 86.7 Å². The molecule has 1 atom stereocenters. The van der Waals surface area contributed by atoms with E-state index in [-0.39, 0.29) is 0 Å². The second-order valence-corrected chi connectivity index (χ2v) is 4.31. The van der Waals surface area contributed by atoms with Crippen molar-refractivity contribution in [2.45, 2.75) is 39.0 Å². The predicted molar refractivity (Wildman–Crippen MR) is 62.4 cm³/mol. The van der Waals surface area contributed by atoms with Crippen molar-refractivity contribution >= 4 is 6.08 Å². The van der Waals surface area contributed by atoms with Crippen molar-refractivity contribution in [1.82, 2.24) is 0 Å². The maximum absolute atomic E-state index is 2.33. The Morgan fingerprint density at radius 3 is 2.86 bits per heavy atom. The minimum Gasteiger partial charge on any atom is -0.0721 e. The van der Waals surface area contributed by atoms with Crippen LogP contribution in [0.5, 0.6) is 0 Å². The Hall–Kier alpha value is -1.04. The zero-order valence-corrected chi connectivity index (χ0v) is 9.09. The van der Waals surface area contributed by atoms with Crippen LogP contribution in [0.3, 0.4) is 0 Å². The molecule has 0 radical (unpaired) electrons. The van der Waals surface area contributed by atoms with Crippen LogP contribution in [-0.4, -0.2) is 0 Å². The summed E-state index contributed by atoms with van der Waals surface area (Å²) in [5.41, 5.74) is 4.52. The summed E-state index contributed by atoms with van der Waals surface area (Å²) in [6, 6.07) is 8.83. The Morgan fingerprint density at radius 1 is 1.29 bits per heavy atom. The standard InChI is InChI=1S/C14H18/c1-3-6-12-9-11(2)10-13-7-4-5-8-14(12)13/h4-5,7-8,10,12H,3,6,9H2,1-2H3. The Balaban J connectivity index is 2.37. The SMILES string of the molecule is CCCC1CC(C)=Cc2ccccc21. The molecule has 0 aromatic heterocycles. The van der Waals surface area contributed by atoms with E-state index < -0.39 is 0 Å². The van der Waals surface area contributed by atoms with Gasteiger partial charge in [-0.2, -0.15) is 0 Å². The third-order valence-corrected chi connectivity index (χ3v) is 3.04. The fraction of sp³-hybridized carbons (Fsp3) is 0.429. The molecule has 0 amide bonds. The number of hydrogen-bond donors (Lipinski definition) is 0. The topological polar surface area (TPSA) is 0 Å². The van der Waals surface area contributed by atoms with Crippen molar-refractivity contribution in [2.75, 3.05) is 0 Å². The summed E-state index contributed by atoms with van der Waals surface area (Å²) in [5, 5.41) is 0. The lowest BCUT2D eigenvalue weighted by atomic mass is 9.81. The molecule has 0 bridgehead atoms. The molecule has 1 aliphatic carbocycles. The number of benzene rings is 1. The average molecular weight is 186 g/mol. The van der Waals surface area contributed by atoms with Crippen molar-refractivity contribution in [3.63, 3.8) is 0 Å². The van der Waals surface area contributed by atoms with E-state index in [1.54, 1.807) is 5.56 Å². The van der Waals surface area contributed by atoms with Crippen molar-refractivity contribution in [1.29, 1.82) is 0 Å². The van der Waals surface area contributed by atoms with E-state index in [9.17, 15) is 0 Å². The van der Waals surface area contributed by atoms with Crippen LogP contribution < -0.4 is 0 Å². The van der Waals surface area contributed by atoms with Crippen LogP contribution >= 0.6 is 0 Å². The molecule has 0 spiro atoms. The molecule has 2 rings (SSSR count). The maximum atomic E-state index is 2.33. The maximum Gasteiger partial charge on any atom is -0.0119 e. The summed E-state index contributed by atoms with van der Waals surface area (Å²) >= 11 is 0. The highest BCUT2D eigenvalue weighted by Crippen LogP contribution is 2.35. The first-order valence-corrected chi connectivity index (χ1v) is 5.57. The van der Waals surface area contributed by atoms with Crippen LogP contribution in [0.25, 0.3) is 6.08 Å². The molecule has 1 aliphatic rings. The molecular formula is C14H18. The summed E-state index contributed by atoms with van der Waals surface area (Å²) in [7, 11) is 0. The van der Waals surface area contributed by atoms with E-state index in [0.29, 0.717) is 0 Å². The first-order valence-electron chi connectivity index (χ1n) is 5.57. The van der Waals surface area contributed by atoms with Crippen LogP contribution in [0.15, 0.2) is 29.8 Å². The molecule has 0 saturated heterocycles. The number of allylic oxidation sites excluding steroid dienone is 1. The quantitative estimate of drug-likeness (QED) is 0.643. The normalized spacial score (nSPS) is 20.1. The summed E-state index contributed by atoms with van der Waals surface area (Å²) < 4.78 is 0. The fourth-order valence-corrected chi connectivity index (χ4v) is 2.44. The van der Waals surface area contributed by atoms with E-state index >= 15 is 0 Å². The van der Waals surface area contributed by atoms with Gasteiger partial charge in [0, 0.05) is 0 Å². The van der Waals surface area contributed by atoms with Gasteiger partial charge in [0.05, 0.1) is 0 Å². The van der Waals surface area contributed by atoms with Crippen molar-refractivity contribution in [2.24, 2.45) is 0 Å². The van der Waals surface area contributed by atoms with E-state index in [1.807, 2.05) is 0 Å². The Kier molecular flexibility index (Phi) is 2.72. The van der Waals surface area contributed by atoms with Gasteiger partial charge in [-0.25, -0.2) is 0 Å². The van der Waals surface area contributed by atoms with E-state index in [0.717, 1.165) is 5.92 Å². The number of hydrogen-bond acceptors (Lipinski definition) is 0. The first kappa shape index (κ1) is 9.51.